The summed E-state index contributed by atoms with van der Waals surface area (Å²) in [6.07, 6.45) is 0. The van der Waals surface area contributed by atoms with Crippen molar-refractivity contribution >= 4 is 34.4 Å². The van der Waals surface area contributed by atoms with Crippen molar-refractivity contribution in [3.63, 3.8) is 0 Å². The molecule has 0 fully saturated rings. The lowest BCUT2D eigenvalue weighted by molar-refractivity contribution is 0.0735. The van der Waals surface area contributed by atoms with Crippen LogP contribution in [-0.2, 0) is 0 Å². The molecule has 1 heterocycles. The maximum absolute atomic E-state index is 11.6. The van der Waals surface area contributed by atoms with Gasteiger partial charge in [0.1, 0.15) is 0 Å². The number of imide groups is 1. The average molecular weight is 297 g/mol. The van der Waals surface area contributed by atoms with Crippen LogP contribution >= 0.6 is 22.6 Å². The van der Waals surface area contributed by atoms with Crippen molar-refractivity contribution < 1.29 is 9.59 Å². The largest absolute Gasteiger partial charge is 0.273 e. The Kier molecular flexibility index (Phi) is 2.25. The monoisotopic (exact) mass is 297 g/mol. The minimum absolute atomic E-state index is 0.338. The van der Waals surface area contributed by atoms with Gasteiger partial charge >= 0.3 is 0 Å². The lowest BCUT2D eigenvalue weighted by atomic mass is 10.1. The van der Waals surface area contributed by atoms with E-state index in [-0.39, 0.29) is 11.8 Å². The molecule has 1 aromatic carbocycles. The molecule has 0 saturated heterocycles. The van der Waals surface area contributed by atoms with Crippen molar-refractivity contribution in [1.29, 1.82) is 0 Å². The van der Waals surface area contributed by atoms with Crippen LogP contribution in [0, 0.1) is 9.97 Å². The molecule has 0 unspecified atom stereocenters. The SMILES string of the molecule is O=C1c2ccccc2C(=O)N1C#CI. The maximum atomic E-state index is 11.6. The van der Waals surface area contributed by atoms with Gasteiger partial charge in [-0.1, -0.05) is 12.1 Å². The molecule has 1 aliphatic rings. The van der Waals surface area contributed by atoms with Gasteiger partial charge in [0, 0.05) is 28.6 Å². The van der Waals surface area contributed by atoms with Crippen molar-refractivity contribution in [3.8, 4) is 9.97 Å². The Hall–Kier alpha value is -1.35. The molecule has 0 spiro atoms. The molecule has 2 amide bonds. The van der Waals surface area contributed by atoms with E-state index in [0.29, 0.717) is 11.1 Å². The fourth-order valence-corrected chi connectivity index (χ4v) is 1.57. The molecular formula is C10H4INO2. The van der Waals surface area contributed by atoms with Gasteiger partial charge in [-0.2, -0.15) is 4.90 Å². The van der Waals surface area contributed by atoms with Crippen molar-refractivity contribution in [2.24, 2.45) is 0 Å². The highest BCUT2D eigenvalue weighted by molar-refractivity contribution is 14.1. The second kappa shape index (κ2) is 3.42. The number of carbonyl (C=O) groups is 2. The first-order valence-electron chi connectivity index (χ1n) is 3.85. The molecular weight excluding hydrogens is 293 g/mol. The van der Waals surface area contributed by atoms with E-state index in [1.165, 1.54) is 0 Å². The first-order chi connectivity index (χ1) is 6.75. The smallest absolute Gasteiger partial charge is 0.267 e. The van der Waals surface area contributed by atoms with Crippen molar-refractivity contribution in [1.82, 2.24) is 4.90 Å². The number of hydrogen-bond acceptors (Lipinski definition) is 2. The fourth-order valence-electron chi connectivity index (χ4n) is 1.33. The van der Waals surface area contributed by atoms with Crippen LogP contribution in [0.25, 0.3) is 0 Å². The Bertz CT molecular complexity index is 449. The zero-order chi connectivity index (χ0) is 10.1. The van der Waals surface area contributed by atoms with Crippen LogP contribution in [-0.4, -0.2) is 16.7 Å². The molecule has 0 aromatic heterocycles. The lowest BCUT2D eigenvalue weighted by Crippen LogP contribution is -2.23. The molecule has 0 saturated carbocycles. The van der Waals surface area contributed by atoms with Crippen LogP contribution in [0.3, 0.4) is 0 Å². The molecule has 68 valence electrons. The van der Waals surface area contributed by atoms with Gasteiger partial charge in [0.25, 0.3) is 11.8 Å². The number of nitrogens with zero attached hydrogens (tertiary/aromatic N) is 1. The van der Waals surface area contributed by atoms with Crippen LogP contribution in [0.4, 0.5) is 0 Å². The van der Waals surface area contributed by atoms with Crippen LogP contribution in [0.5, 0.6) is 0 Å². The summed E-state index contributed by atoms with van der Waals surface area (Å²) in [5.41, 5.74) is 0.855. The Morgan fingerprint density at radius 2 is 1.57 bits per heavy atom. The summed E-state index contributed by atoms with van der Waals surface area (Å²) in [5.74, 6) is -0.676. The number of fused-ring (bicyclic) bond motifs is 1. The minimum Gasteiger partial charge on any atom is -0.267 e. The molecule has 0 N–H and O–H groups in total. The van der Waals surface area contributed by atoms with E-state index >= 15 is 0 Å². The van der Waals surface area contributed by atoms with Gasteiger partial charge in [-0.25, -0.2) is 0 Å². The Labute approximate surface area is 94.2 Å². The van der Waals surface area contributed by atoms with Crippen molar-refractivity contribution in [2.45, 2.75) is 0 Å². The Morgan fingerprint density at radius 3 is 2.00 bits per heavy atom. The number of rotatable bonds is 0. The van der Waals surface area contributed by atoms with Gasteiger partial charge in [0.05, 0.1) is 11.1 Å². The highest BCUT2D eigenvalue weighted by Crippen LogP contribution is 2.21. The highest BCUT2D eigenvalue weighted by atomic mass is 127. The Balaban J connectivity index is 2.57. The van der Waals surface area contributed by atoms with Crippen molar-refractivity contribution in [2.75, 3.05) is 0 Å². The van der Waals surface area contributed by atoms with Gasteiger partial charge in [0.2, 0.25) is 0 Å². The van der Waals surface area contributed by atoms with E-state index < -0.39 is 0 Å². The van der Waals surface area contributed by atoms with E-state index in [4.69, 9.17) is 0 Å². The summed E-state index contributed by atoms with van der Waals surface area (Å²) in [7, 11) is 0. The van der Waals surface area contributed by atoms with Gasteiger partial charge in [-0.05, 0) is 16.1 Å². The summed E-state index contributed by atoms with van der Waals surface area (Å²) >= 11 is 1.79. The Morgan fingerprint density at radius 1 is 1.07 bits per heavy atom. The summed E-state index contributed by atoms with van der Waals surface area (Å²) in [6, 6.07) is 9.18. The first-order valence-corrected chi connectivity index (χ1v) is 4.92. The number of halogens is 1. The number of amides is 2. The number of hydrogen-bond donors (Lipinski definition) is 0. The predicted octanol–water partition coefficient (Wildman–Crippen LogP) is 1.64. The van der Waals surface area contributed by atoms with Crippen LogP contribution in [0.15, 0.2) is 24.3 Å². The topological polar surface area (TPSA) is 37.4 Å². The van der Waals surface area contributed by atoms with Gasteiger partial charge in [0.15, 0.2) is 0 Å². The quantitative estimate of drug-likeness (QED) is 0.415. The molecule has 3 nitrogen and oxygen atoms in total. The normalized spacial score (nSPS) is 13.6. The van der Waals surface area contributed by atoms with E-state index in [1.54, 1.807) is 46.9 Å². The summed E-state index contributed by atoms with van der Waals surface area (Å²) in [4.78, 5) is 24.1. The van der Waals surface area contributed by atoms with Crippen LogP contribution in [0.2, 0.25) is 0 Å². The second-order valence-electron chi connectivity index (χ2n) is 2.70. The van der Waals surface area contributed by atoms with Gasteiger partial charge in [-0.15, -0.1) is 0 Å². The fraction of sp³-hybridized carbons (Fsp3) is 0. The molecule has 2 rings (SSSR count). The molecule has 1 aliphatic heterocycles. The maximum Gasteiger partial charge on any atom is 0.273 e. The van der Waals surface area contributed by atoms with E-state index in [2.05, 4.69) is 9.97 Å². The summed E-state index contributed by atoms with van der Waals surface area (Å²) in [6.45, 7) is 0. The minimum atomic E-state index is -0.338. The molecule has 4 heteroatoms. The highest BCUT2D eigenvalue weighted by Gasteiger charge is 2.34. The van der Waals surface area contributed by atoms with E-state index in [9.17, 15) is 9.59 Å². The third-order valence-corrected chi connectivity index (χ3v) is 2.19. The summed E-state index contributed by atoms with van der Waals surface area (Å²) in [5, 5.41) is 0. The van der Waals surface area contributed by atoms with Gasteiger partial charge < -0.3 is 0 Å². The molecule has 0 radical (unpaired) electrons. The standard InChI is InChI=1S/C10H4INO2/c11-5-6-12-9(13)7-3-1-2-4-8(7)10(12)14/h1-4H. The predicted molar refractivity (Wildman–Crippen MR) is 58.7 cm³/mol. The van der Waals surface area contributed by atoms with Crippen LogP contribution < -0.4 is 0 Å². The van der Waals surface area contributed by atoms with E-state index in [0.717, 1.165) is 4.90 Å². The first kappa shape index (κ1) is 9.21. The molecule has 0 bridgehead atoms. The second-order valence-corrected chi connectivity index (χ2v) is 3.24. The lowest BCUT2D eigenvalue weighted by Gasteiger charge is -2.00. The summed E-state index contributed by atoms with van der Waals surface area (Å²) < 4.78 is 2.51. The number of benzene rings is 1. The third kappa shape index (κ3) is 1.21. The van der Waals surface area contributed by atoms with Crippen LogP contribution in [0.1, 0.15) is 20.7 Å². The number of carbonyl (C=O) groups excluding carboxylic acids is 2. The zero-order valence-electron chi connectivity index (χ0n) is 6.95. The zero-order valence-corrected chi connectivity index (χ0v) is 9.11. The third-order valence-electron chi connectivity index (χ3n) is 1.95. The molecule has 0 atom stereocenters. The molecule has 14 heavy (non-hydrogen) atoms. The molecule has 0 aliphatic carbocycles. The van der Waals surface area contributed by atoms with E-state index in [1.807, 2.05) is 0 Å². The van der Waals surface area contributed by atoms with Crippen molar-refractivity contribution in [3.05, 3.63) is 35.4 Å². The molecule has 1 aromatic rings. The average Bonchev–Trinajstić information content (AvgIpc) is 2.45. The van der Waals surface area contributed by atoms with Gasteiger partial charge in [-0.3, -0.25) is 9.59 Å².